The van der Waals surface area contributed by atoms with E-state index in [4.69, 9.17) is 5.73 Å². The minimum Gasteiger partial charge on any atom is -0.508 e. The zero-order valence-corrected chi connectivity index (χ0v) is 32.9. The van der Waals surface area contributed by atoms with Crippen LogP contribution in [0.25, 0.3) is 0 Å². The van der Waals surface area contributed by atoms with Gasteiger partial charge in [-0.1, -0.05) is 69.4 Å². The number of H-pyrrole nitrogens is 1. The number of dihydropyridines is 1. The average molecular weight is 758 g/mol. The van der Waals surface area contributed by atoms with Gasteiger partial charge in [-0.3, -0.25) is 4.79 Å². The van der Waals surface area contributed by atoms with Crippen LogP contribution in [-0.2, 0) is 11.2 Å². The molecule has 9 nitrogen and oxygen atoms in total. The van der Waals surface area contributed by atoms with E-state index in [9.17, 15) is 30.3 Å². The summed E-state index contributed by atoms with van der Waals surface area (Å²) < 4.78 is 0. The van der Waals surface area contributed by atoms with E-state index in [1.54, 1.807) is 12.1 Å². The fourth-order valence-corrected chi connectivity index (χ4v) is 10.7. The van der Waals surface area contributed by atoms with Crippen molar-refractivity contribution < 1.29 is 30.3 Å². The molecule has 0 radical (unpaired) electrons. The number of carboxylic acid groups (broad SMARTS) is 1. The van der Waals surface area contributed by atoms with Gasteiger partial charge in [0.15, 0.2) is 0 Å². The SMILES string of the molecule is CCCCC[C@@H]1C=C[C@@H](CCCC[C@H]2CC[C@@H](c3cc(Cc4ccc(O)cc4)c[nH]3)[C@@H]3C[C@H](CC4=CCNC(N)=C4)C[C@@]3(O)CC[C@H](O)[C@H]2C(=O)O)[C@H](O)C1. The second kappa shape index (κ2) is 19.1. The van der Waals surface area contributed by atoms with Gasteiger partial charge in [-0.15, -0.1) is 0 Å². The molecule has 2 saturated carbocycles. The number of aliphatic carboxylic acids is 1. The van der Waals surface area contributed by atoms with E-state index < -0.39 is 23.6 Å². The Kier molecular flexibility index (Phi) is 14.3. The molecule has 55 heavy (non-hydrogen) atoms. The van der Waals surface area contributed by atoms with Crippen molar-refractivity contribution in [2.75, 3.05) is 6.54 Å². The van der Waals surface area contributed by atoms with E-state index in [1.807, 2.05) is 24.4 Å². The van der Waals surface area contributed by atoms with Gasteiger partial charge in [0.2, 0.25) is 0 Å². The Bertz CT molecular complexity index is 1630. The van der Waals surface area contributed by atoms with Crippen LogP contribution in [0.4, 0.5) is 0 Å². The van der Waals surface area contributed by atoms with Gasteiger partial charge in [-0.2, -0.15) is 0 Å². The third-order valence-corrected chi connectivity index (χ3v) is 13.6. The highest BCUT2D eigenvalue weighted by atomic mass is 16.4. The Morgan fingerprint density at radius 2 is 1.73 bits per heavy atom. The molecule has 6 rings (SSSR count). The Morgan fingerprint density at radius 3 is 2.47 bits per heavy atom. The zero-order chi connectivity index (χ0) is 39.0. The summed E-state index contributed by atoms with van der Waals surface area (Å²) in [5, 5.41) is 58.6. The van der Waals surface area contributed by atoms with Crippen LogP contribution in [0.3, 0.4) is 0 Å². The number of phenolic OH excluding ortho intramolecular Hbond substituents is 1. The molecular formula is C46H67N3O6. The predicted octanol–water partition coefficient (Wildman–Crippen LogP) is 7.82. The van der Waals surface area contributed by atoms with Crippen LogP contribution in [0.15, 0.2) is 72.2 Å². The molecule has 1 aliphatic heterocycles. The second-order valence-corrected chi connectivity index (χ2v) is 17.6. The maximum absolute atomic E-state index is 12.9. The van der Waals surface area contributed by atoms with Crippen LogP contribution >= 0.6 is 0 Å². The van der Waals surface area contributed by atoms with Gasteiger partial charge in [0.25, 0.3) is 0 Å². The minimum absolute atomic E-state index is 0.00818. The molecule has 0 unspecified atom stereocenters. The van der Waals surface area contributed by atoms with E-state index in [1.165, 1.54) is 24.8 Å². The normalized spacial score (nSPS) is 32.6. The van der Waals surface area contributed by atoms with Crippen molar-refractivity contribution in [2.24, 2.45) is 41.2 Å². The van der Waals surface area contributed by atoms with Gasteiger partial charge in [-0.05, 0) is 142 Å². The molecule has 2 heterocycles. The van der Waals surface area contributed by atoms with Crippen LogP contribution in [0.5, 0.6) is 5.75 Å². The highest BCUT2D eigenvalue weighted by Crippen LogP contribution is 2.53. The maximum atomic E-state index is 12.9. The minimum atomic E-state index is -1.04. The van der Waals surface area contributed by atoms with Crippen LogP contribution < -0.4 is 11.1 Å². The summed E-state index contributed by atoms with van der Waals surface area (Å²) in [6.45, 7) is 2.90. The van der Waals surface area contributed by atoms with Crippen molar-refractivity contribution in [1.82, 2.24) is 10.3 Å². The van der Waals surface area contributed by atoms with Crippen molar-refractivity contribution in [2.45, 2.75) is 140 Å². The topological polar surface area (TPSA) is 172 Å². The smallest absolute Gasteiger partial charge is 0.309 e. The second-order valence-electron chi connectivity index (χ2n) is 17.6. The number of aliphatic hydroxyl groups excluding tert-OH is 2. The van der Waals surface area contributed by atoms with E-state index in [2.05, 4.69) is 41.5 Å². The fourth-order valence-electron chi connectivity index (χ4n) is 10.7. The molecule has 0 spiro atoms. The Balaban J connectivity index is 1.19. The number of carboxylic acids is 1. The Hall–Kier alpha value is -3.53. The van der Waals surface area contributed by atoms with Crippen LogP contribution in [-0.4, -0.2) is 60.8 Å². The molecule has 10 atom stereocenters. The largest absolute Gasteiger partial charge is 0.508 e. The summed E-state index contributed by atoms with van der Waals surface area (Å²) in [5.41, 5.74) is 9.53. The molecule has 9 heteroatoms. The van der Waals surface area contributed by atoms with Crippen LogP contribution in [0, 0.1) is 35.5 Å². The highest BCUT2D eigenvalue weighted by molar-refractivity contribution is 5.71. The lowest BCUT2D eigenvalue weighted by atomic mass is 9.69. The molecule has 4 aliphatic rings. The summed E-state index contributed by atoms with van der Waals surface area (Å²) in [5.74, 6) is -0.394. The summed E-state index contributed by atoms with van der Waals surface area (Å²) in [6.07, 6.45) is 23.2. The lowest BCUT2D eigenvalue weighted by Crippen LogP contribution is -2.42. The van der Waals surface area contributed by atoms with Crippen LogP contribution in [0.1, 0.15) is 132 Å². The molecule has 3 aliphatic carbocycles. The first kappa shape index (κ1) is 41.1. The fraction of sp³-hybridized carbons (Fsp3) is 0.630. The number of benzene rings is 1. The summed E-state index contributed by atoms with van der Waals surface area (Å²) in [6, 6.07) is 9.49. The number of phenols is 1. The van der Waals surface area contributed by atoms with Crippen molar-refractivity contribution in [3.63, 3.8) is 0 Å². The number of nitrogens with two attached hydrogens (primary N) is 1. The zero-order valence-electron chi connectivity index (χ0n) is 32.9. The van der Waals surface area contributed by atoms with E-state index >= 15 is 0 Å². The quantitative estimate of drug-likeness (QED) is 0.0671. The number of aromatic hydroxyl groups is 1. The van der Waals surface area contributed by atoms with Crippen molar-refractivity contribution in [1.29, 1.82) is 0 Å². The number of carbonyl (C=O) groups is 1. The molecule has 302 valence electrons. The number of aliphatic hydroxyl groups is 3. The van der Waals surface area contributed by atoms with Crippen molar-refractivity contribution in [3.8, 4) is 5.75 Å². The van der Waals surface area contributed by atoms with Gasteiger partial charge in [0, 0.05) is 30.3 Å². The molecule has 0 bridgehead atoms. The number of nitrogens with one attached hydrogen (secondary N) is 2. The average Bonchev–Trinajstić information content (AvgIpc) is 3.74. The molecule has 2 aromatic rings. The third-order valence-electron chi connectivity index (χ3n) is 13.6. The molecule has 0 saturated heterocycles. The first-order valence-corrected chi connectivity index (χ1v) is 21.4. The van der Waals surface area contributed by atoms with Crippen molar-refractivity contribution in [3.05, 3.63) is 89.0 Å². The van der Waals surface area contributed by atoms with Gasteiger partial charge in [-0.25, -0.2) is 0 Å². The number of aromatic amines is 1. The number of allylic oxidation sites excluding steroid dienone is 3. The Morgan fingerprint density at radius 1 is 0.945 bits per heavy atom. The molecule has 1 aromatic heterocycles. The number of unbranched alkanes of at least 4 members (excludes halogenated alkanes) is 3. The molecule has 2 fully saturated rings. The summed E-state index contributed by atoms with van der Waals surface area (Å²) in [4.78, 5) is 16.5. The number of aromatic nitrogens is 1. The molecule has 9 N–H and O–H groups in total. The van der Waals surface area contributed by atoms with Crippen molar-refractivity contribution >= 4 is 5.97 Å². The molecule has 0 amide bonds. The van der Waals surface area contributed by atoms with Gasteiger partial charge in [0.05, 0.1) is 29.5 Å². The first-order chi connectivity index (χ1) is 26.5. The summed E-state index contributed by atoms with van der Waals surface area (Å²) in [7, 11) is 0. The van der Waals surface area contributed by atoms with Gasteiger partial charge in [0.1, 0.15) is 5.75 Å². The predicted molar refractivity (Wildman–Crippen MR) is 217 cm³/mol. The van der Waals surface area contributed by atoms with E-state index in [0.717, 1.165) is 61.8 Å². The van der Waals surface area contributed by atoms with E-state index in [-0.39, 0.29) is 47.9 Å². The maximum Gasteiger partial charge on any atom is 0.309 e. The first-order valence-electron chi connectivity index (χ1n) is 21.4. The number of hydrogen-bond donors (Lipinski definition) is 8. The number of hydrogen-bond acceptors (Lipinski definition) is 7. The number of rotatable bonds is 15. The molecular weight excluding hydrogens is 691 g/mol. The molecule has 1 aromatic carbocycles. The standard InChI is InChI=1S/C46H67N3O6/c1-2-3-4-7-30-10-13-35(42(52)26-30)8-5-6-9-36-14-17-38(40-25-34(29-49-40)22-31-11-15-37(50)16-12-31)39-24-33(23-32-19-21-48-43(47)27-32)28-46(39,55)20-18-41(51)44(36)45(53)54/h10-13,15-16,19,25,27,29-30,33,35-36,38-39,41-42,44,48-52,55H,2-9,14,17-18,20-24,26,28,47H2,1H3,(H,53,54)/t30-,33+,35-,36+,38-,39+,41+,42-,44+,46+/m1/s1. The third kappa shape index (κ3) is 10.9. The monoisotopic (exact) mass is 758 g/mol. The van der Waals surface area contributed by atoms with Gasteiger partial charge < -0.3 is 41.6 Å². The lowest BCUT2D eigenvalue weighted by molar-refractivity contribution is -0.150. The van der Waals surface area contributed by atoms with Crippen LogP contribution in [0.2, 0.25) is 0 Å². The van der Waals surface area contributed by atoms with E-state index in [0.29, 0.717) is 56.8 Å². The summed E-state index contributed by atoms with van der Waals surface area (Å²) >= 11 is 0. The lowest BCUT2D eigenvalue weighted by Gasteiger charge is -2.39. The highest BCUT2D eigenvalue weighted by Gasteiger charge is 2.51. The Labute approximate surface area is 328 Å². The van der Waals surface area contributed by atoms with Gasteiger partial charge >= 0.3 is 5.97 Å². The number of fused-ring (bicyclic) bond motifs is 1.